The molecule has 11 heavy (non-hydrogen) atoms. The van der Waals surface area contributed by atoms with E-state index in [1.807, 2.05) is 36.4 Å². The monoisotopic (exact) mass is 167 g/mol. The first-order valence-corrected chi connectivity index (χ1v) is 3.83. The van der Waals surface area contributed by atoms with Crippen molar-refractivity contribution < 1.29 is 0 Å². The molecule has 1 rings (SSSR count). The summed E-state index contributed by atoms with van der Waals surface area (Å²) < 4.78 is 0. The zero-order chi connectivity index (χ0) is 8.10. The molecule has 58 valence electrons. The van der Waals surface area contributed by atoms with Gasteiger partial charge in [-0.1, -0.05) is 42.0 Å². The molecular formula is C9H10ClN. The highest BCUT2D eigenvalue weighted by molar-refractivity contribution is 6.32. The molecular weight excluding hydrogens is 158 g/mol. The van der Waals surface area contributed by atoms with E-state index in [2.05, 4.69) is 0 Å². The Bertz CT molecular complexity index is 255. The third kappa shape index (κ3) is 2.37. The van der Waals surface area contributed by atoms with E-state index in [1.54, 1.807) is 0 Å². The first-order valence-electron chi connectivity index (χ1n) is 3.45. The smallest absolute Gasteiger partial charge is 0.0478 e. The van der Waals surface area contributed by atoms with Crippen molar-refractivity contribution in [3.8, 4) is 0 Å². The molecule has 0 amide bonds. The van der Waals surface area contributed by atoms with Crippen molar-refractivity contribution in [1.29, 1.82) is 0 Å². The van der Waals surface area contributed by atoms with Gasteiger partial charge < -0.3 is 5.73 Å². The van der Waals surface area contributed by atoms with Crippen LogP contribution in [0.4, 0.5) is 0 Å². The van der Waals surface area contributed by atoms with Crippen molar-refractivity contribution in [3.05, 3.63) is 40.9 Å². The topological polar surface area (TPSA) is 26.0 Å². The largest absolute Gasteiger partial charge is 0.327 e. The number of hydrogen-bond donors (Lipinski definition) is 1. The average molecular weight is 168 g/mol. The van der Waals surface area contributed by atoms with Crippen LogP contribution >= 0.6 is 11.6 Å². The second kappa shape index (κ2) is 4.16. The minimum absolute atomic E-state index is 0.547. The molecule has 0 spiro atoms. The van der Waals surface area contributed by atoms with Gasteiger partial charge in [0.1, 0.15) is 0 Å². The van der Waals surface area contributed by atoms with Gasteiger partial charge in [0.25, 0.3) is 0 Å². The molecule has 0 aliphatic heterocycles. The molecule has 0 aliphatic rings. The standard InChI is InChI=1S/C9H10ClN/c10-9-6-2-1-4-8(9)5-3-7-11/h1-6H,7,11H2/b5-3-. The summed E-state index contributed by atoms with van der Waals surface area (Å²) in [4.78, 5) is 0. The minimum Gasteiger partial charge on any atom is -0.327 e. The highest BCUT2D eigenvalue weighted by Gasteiger charge is 1.90. The van der Waals surface area contributed by atoms with Crippen molar-refractivity contribution in [1.82, 2.24) is 0 Å². The van der Waals surface area contributed by atoms with E-state index in [4.69, 9.17) is 17.3 Å². The Balaban J connectivity index is 2.86. The van der Waals surface area contributed by atoms with Crippen LogP contribution in [0.5, 0.6) is 0 Å². The van der Waals surface area contributed by atoms with E-state index < -0.39 is 0 Å². The Morgan fingerprint density at radius 1 is 1.36 bits per heavy atom. The van der Waals surface area contributed by atoms with Crippen molar-refractivity contribution in [3.63, 3.8) is 0 Å². The normalized spacial score (nSPS) is 10.7. The molecule has 1 aromatic rings. The summed E-state index contributed by atoms with van der Waals surface area (Å²) in [5.41, 5.74) is 6.31. The molecule has 0 atom stereocenters. The summed E-state index contributed by atoms with van der Waals surface area (Å²) in [6.45, 7) is 0.547. The van der Waals surface area contributed by atoms with Gasteiger partial charge >= 0.3 is 0 Å². The lowest BCUT2D eigenvalue weighted by Crippen LogP contribution is -1.91. The molecule has 0 radical (unpaired) electrons. The van der Waals surface area contributed by atoms with Gasteiger partial charge in [-0.3, -0.25) is 0 Å². The Labute approximate surface area is 71.5 Å². The lowest BCUT2D eigenvalue weighted by molar-refractivity contribution is 1.26. The molecule has 0 fully saturated rings. The maximum Gasteiger partial charge on any atom is 0.0478 e. The van der Waals surface area contributed by atoms with E-state index in [-0.39, 0.29) is 0 Å². The molecule has 0 saturated carbocycles. The molecule has 0 aromatic heterocycles. The molecule has 0 unspecified atom stereocenters. The first kappa shape index (κ1) is 8.31. The van der Waals surface area contributed by atoms with Crippen LogP contribution in [-0.2, 0) is 0 Å². The summed E-state index contributed by atoms with van der Waals surface area (Å²) in [5.74, 6) is 0. The van der Waals surface area contributed by atoms with Crippen LogP contribution in [0.1, 0.15) is 5.56 Å². The maximum atomic E-state index is 5.87. The van der Waals surface area contributed by atoms with E-state index >= 15 is 0 Å². The Morgan fingerprint density at radius 2 is 2.09 bits per heavy atom. The molecule has 1 aromatic carbocycles. The van der Waals surface area contributed by atoms with Crippen molar-refractivity contribution in [2.75, 3.05) is 6.54 Å². The fourth-order valence-corrected chi connectivity index (χ4v) is 1.00. The van der Waals surface area contributed by atoms with E-state index in [1.165, 1.54) is 0 Å². The number of hydrogen-bond acceptors (Lipinski definition) is 1. The minimum atomic E-state index is 0.547. The van der Waals surface area contributed by atoms with Gasteiger partial charge in [0.15, 0.2) is 0 Å². The highest BCUT2D eigenvalue weighted by Crippen LogP contribution is 2.15. The number of rotatable bonds is 2. The molecule has 2 N–H and O–H groups in total. The molecule has 0 heterocycles. The summed E-state index contributed by atoms with van der Waals surface area (Å²) in [7, 11) is 0. The van der Waals surface area contributed by atoms with Gasteiger partial charge in [0, 0.05) is 11.6 Å². The molecule has 0 aliphatic carbocycles. The van der Waals surface area contributed by atoms with Gasteiger partial charge in [0.05, 0.1) is 0 Å². The maximum absolute atomic E-state index is 5.87. The van der Waals surface area contributed by atoms with Crippen molar-refractivity contribution in [2.24, 2.45) is 5.73 Å². The lowest BCUT2D eigenvalue weighted by Gasteiger charge is -1.94. The van der Waals surface area contributed by atoms with Crippen molar-refractivity contribution in [2.45, 2.75) is 0 Å². The predicted molar refractivity (Wildman–Crippen MR) is 49.5 cm³/mol. The van der Waals surface area contributed by atoms with Gasteiger partial charge in [0.2, 0.25) is 0 Å². The lowest BCUT2D eigenvalue weighted by atomic mass is 10.2. The van der Waals surface area contributed by atoms with Crippen LogP contribution in [0.3, 0.4) is 0 Å². The van der Waals surface area contributed by atoms with Crippen LogP contribution in [0.25, 0.3) is 6.08 Å². The predicted octanol–water partition coefficient (Wildman–Crippen LogP) is 2.31. The number of nitrogens with two attached hydrogens (primary N) is 1. The van der Waals surface area contributed by atoms with Crippen LogP contribution in [-0.4, -0.2) is 6.54 Å². The zero-order valence-electron chi connectivity index (χ0n) is 6.13. The van der Waals surface area contributed by atoms with E-state index in [0.29, 0.717) is 6.54 Å². The Kier molecular flexibility index (Phi) is 3.14. The quantitative estimate of drug-likeness (QED) is 0.719. The zero-order valence-corrected chi connectivity index (χ0v) is 6.88. The molecule has 2 heteroatoms. The average Bonchev–Trinajstić information content (AvgIpc) is 2.03. The van der Waals surface area contributed by atoms with Crippen LogP contribution in [0.2, 0.25) is 5.02 Å². The molecule has 1 nitrogen and oxygen atoms in total. The molecule has 0 saturated heterocycles. The van der Waals surface area contributed by atoms with Crippen molar-refractivity contribution >= 4 is 17.7 Å². The Morgan fingerprint density at radius 3 is 2.73 bits per heavy atom. The summed E-state index contributed by atoms with van der Waals surface area (Å²) >= 11 is 5.87. The number of benzene rings is 1. The fraction of sp³-hybridized carbons (Fsp3) is 0.111. The second-order valence-corrected chi connectivity index (χ2v) is 2.57. The number of halogens is 1. The summed E-state index contributed by atoms with van der Waals surface area (Å²) in [6, 6.07) is 7.66. The van der Waals surface area contributed by atoms with Gasteiger partial charge in [-0.2, -0.15) is 0 Å². The van der Waals surface area contributed by atoms with E-state index in [0.717, 1.165) is 10.6 Å². The first-order chi connectivity index (χ1) is 5.34. The SMILES string of the molecule is NC/C=C\c1ccccc1Cl. The van der Waals surface area contributed by atoms with Gasteiger partial charge in [-0.25, -0.2) is 0 Å². The van der Waals surface area contributed by atoms with Crippen LogP contribution in [0.15, 0.2) is 30.3 Å². The third-order valence-corrected chi connectivity index (χ3v) is 1.68. The van der Waals surface area contributed by atoms with Crippen LogP contribution in [0, 0.1) is 0 Å². The van der Waals surface area contributed by atoms with Gasteiger partial charge in [-0.05, 0) is 11.6 Å². The van der Waals surface area contributed by atoms with Gasteiger partial charge in [-0.15, -0.1) is 0 Å². The fourth-order valence-electron chi connectivity index (χ4n) is 0.805. The summed E-state index contributed by atoms with van der Waals surface area (Å²) in [5, 5.41) is 0.761. The molecule has 0 bridgehead atoms. The van der Waals surface area contributed by atoms with E-state index in [9.17, 15) is 0 Å². The van der Waals surface area contributed by atoms with Crippen LogP contribution < -0.4 is 5.73 Å². The highest BCUT2D eigenvalue weighted by atomic mass is 35.5. The Hall–Kier alpha value is -0.790. The summed E-state index contributed by atoms with van der Waals surface area (Å²) in [6.07, 6.45) is 3.80. The second-order valence-electron chi connectivity index (χ2n) is 2.16. The third-order valence-electron chi connectivity index (χ3n) is 1.34.